The van der Waals surface area contributed by atoms with Crippen LogP contribution in [-0.2, 0) is 4.79 Å². The second-order valence-corrected chi connectivity index (χ2v) is 6.69. The number of nitrogens with two attached hydrogens (primary N) is 1. The lowest BCUT2D eigenvalue weighted by Crippen LogP contribution is -2.16. The number of rotatable bonds is 6. The Kier molecular flexibility index (Phi) is 5.79. The fourth-order valence-corrected chi connectivity index (χ4v) is 2.47. The number of nitrogens with zero attached hydrogens (tertiary/aromatic N) is 2. The third-order valence-corrected chi connectivity index (χ3v) is 4.45. The van der Waals surface area contributed by atoms with Gasteiger partial charge in [0, 0.05) is 5.69 Å². The SMILES string of the molecule is Cc1cccc(NC(=O)CSc2nnc(C(N)C(C)C)o2)c1C. The molecular weight excluding hydrogens is 312 g/mol. The molecule has 0 aliphatic rings. The first-order valence-electron chi connectivity index (χ1n) is 7.46. The Balaban J connectivity index is 1.91. The van der Waals surface area contributed by atoms with Crippen LogP contribution < -0.4 is 11.1 Å². The molecule has 1 unspecified atom stereocenters. The van der Waals surface area contributed by atoms with Crippen LogP contribution in [0.5, 0.6) is 0 Å². The third kappa shape index (κ3) is 4.56. The van der Waals surface area contributed by atoms with Gasteiger partial charge in [-0.25, -0.2) is 0 Å². The lowest BCUT2D eigenvalue weighted by Gasteiger charge is -2.10. The molecule has 2 rings (SSSR count). The van der Waals surface area contributed by atoms with Crippen LogP contribution in [0.25, 0.3) is 0 Å². The molecule has 6 nitrogen and oxygen atoms in total. The molecule has 2 aromatic rings. The predicted molar refractivity (Wildman–Crippen MR) is 91.3 cm³/mol. The number of benzene rings is 1. The highest BCUT2D eigenvalue weighted by Crippen LogP contribution is 2.23. The Morgan fingerprint density at radius 2 is 2.09 bits per heavy atom. The molecule has 0 fully saturated rings. The zero-order chi connectivity index (χ0) is 17.0. The van der Waals surface area contributed by atoms with Crippen molar-refractivity contribution in [2.45, 2.75) is 39.0 Å². The van der Waals surface area contributed by atoms with Crippen molar-refractivity contribution >= 4 is 23.4 Å². The molecule has 0 aliphatic heterocycles. The van der Waals surface area contributed by atoms with Crippen LogP contribution in [0.2, 0.25) is 0 Å². The molecule has 1 aromatic carbocycles. The summed E-state index contributed by atoms with van der Waals surface area (Å²) in [5.74, 6) is 0.696. The van der Waals surface area contributed by atoms with E-state index in [4.69, 9.17) is 10.2 Å². The number of hydrogen-bond acceptors (Lipinski definition) is 6. The Labute approximate surface area is 140 Å². The summed E-state index contributed by atoms with van der Waals surface area (Å²) < 4.78 is 5.49. The maximum atomic E-state index is 12.1. The van der Waals surface area contributed by atoms with E-state index in [1.807, 2.05) is 45.9 Å². The molecule has 0 radical (unpaired) electrons. The van der Waals surface area contributed by atoms with Crippen molar-refractivity contribution in [3.63, 3.8) is 0 Å². The molecule has 0 saturated heterocycles. The summed E-state index contributed by atoms with van der Waals surface area (Å²) in [6.45, 7) is 7.96. The maximum absolute atomic E-state index is 12.1. The van der Waals surface area contributed by atoms with Gasteiger partial charge >= 0.3 is 0 Å². The summed E-state index contributed by atoms with van der Waals surface area (Å²) >= 11 is 1.20. The lowest BCUT2D eigenvalue weighted by atomic mass is 10.1. The summed E-state index contributed by atoms with van der Waals surface area (Å²) in [5.41, 5.74) is 8.98. The van der Waals surface area contributed by atoms with Crippen LogP contribution in [0.3, 0.4) is 0 Å². The smallest absolute Gasteiger partial charge is 0.277 e. The van der Waals surface area contributed by atoms with Crippen molar-refractivity contribution in [1.29, 1.82) is 0 Å². The van der Waals surface area contributed by atoms with Gasteiger partial charge < -0.3 is 15.5 Å². The maximum Gasteiger partial charge on any atom is 0.277 e. The first-order valence-corrected chi connectivity index (χ1v) is 8.45. The summed E-state index contributed by atoms with van der Waals surface area (Å²) in [7, 11) is 0. The number of anilines is 1. The van der Waals surface area contributed by atoms with Crippen LogP contribution in [0, 0.1) is 19.8 Å². The lowest BCUT2D eigenvalue weighted by molar-refractivity contribution is -0.113. The molecule has 1 heterocycles. The zero-order valence-electron chi connectivity index (χ0n) is 13.8. The van der Waals surface area contributed by atoms with E-state index >= 15 is 0 Å². The number of aryl methyl sites for hydroxylation is 1. The largest absolute Gasteiger partial charge is 0.414 e. The molecule has 0 spiro atoms. The van der Waals surface area contributed by atoms with Crippen LogP contribution in [0.4, 0.5) is 5.69 Å². The monoisotopic (exact) mass is 334 g/mol. The number of hydrogen-bond donors (Lipinski definition) is 2. The van der Waals surface area contributed by atoms with Gasteiger partial charge in [0.05, 0.1) is 11.8 Å². The normalized spacial score (nSPS) is 12.4. The number of aromatic nitrogens is 2. The van der Waals surface area contributed by atoms with Crippen LogP contribution in [0.1, 0.15) is 36.9 Å². The highest BCUT2D eigenvalue weighted by Gasteiger charge is 2.18. The van der Waals surface area contributed by atoms with Gasteiger partial charge in [0.1, 0.15) is 0 Å². The Morgan fingerprint density at radius 1 is 1.35 bits per heavy atom. The minimum atomic E-state index is -0.291. The van der Waals surface area contributed by atoms with Crippen LogP contribution >= 0.6 is 11.8 Å². The van der Waals surface area contributed by atoms with Crippen LogP contribution in [-0.4, -0.2) is 21.9 Å². The van der Waals surface area contributed by atoms with Crippen molar-refractivity contribution in [3.8, 4) is 0 Å². The van der Waals surface area contributed by atoms with E-state index in [1.165, 1.54) is 11.8 Å². The summed E-state index contributed by atoms with van der Waals surface area (Å²) in [6, 6.07) is 5.53. The van der Waals surface area contributed by atoms with E-state index in [2.05, 4.69) is 15.5 Å². The van der Waals surface area contributed by atoms with E-state index in [-0.39, 0.29) is 23.6 Å². The van der Waals surface area contributed by atoms with Gasteiger partial charge in [-0.05, 0) is 37.0 Å². The van der Waals surface area contributed by atoms with E-state index in [1.54, 1.807) is 0 Å². The van der Waals surface area contributed by atoms with Crippen molar-refractivity contribution in [1.82, 2.24) is 10.2 Å². The second-order valence-electron chi connectivity index (χ2n) is 5.76. The molecule has 1 atom stereocenters. The fraction of sp³-hybridized carbons (Fsp3) is 0.438. The number of carbonyl (C=O) groups is 1. The highest BCUT2D eigenvalue weighted by atomic mass is 32.2. The van der Waals surface area contributed by atoms with E-state index in [9.17, 15) is 4.79 Å². The summed E-state index contributed by atoms with van der Waals surface area (Å²) in [6.07, 6.45) is 0. The van der Waals surface area contributed by atoms with Gasteiger partial charge in [0.15, 0.2) is 0 Å². The molecule has 3 N–H and O–H groups in total. The van der Waals surface area contributed by atoms with E-state index < -0.39 is 0 Å². The predicted octanol–water partition coefficient (Wildman–Crippen LogP) is 3.07. The minimum absolute atomic E-state index is 0.114. The molecule has 0 bridgehead atoms. The first kappa shape index (κ1) is 17.5. The average molecular weight is 334 g/mol. The van der Waals surface area contributed by atoms with Crippen molar-refractivity contribution < 1.29 is 9.21 Å². The molecular formula is C16H22N4O2S. The Bertz CT molecular complexity index is 684. The van der Waals surface area contributed by atoms with Crippen molar-refractivity contribution in [3.05, 3.63) is 35.2 Å². The average Bonchev–Trinajstić information content (AvgIpc) is 2.98. The van der Waals surface area contributed by atoms with Crippen LogP contribution in [0.15, 0.2) is 27.8 Å². The second kappa shape index (κ2) is 7.61. The summed E-state index contributed by atoms with van der Waals surface area (Å²) in [5, 5.41) is 11.1. The van der Waals surface area contributed by atoms with Gasteiger partial charge in [0.2, 0.25) is 11.8 Å². The molecule has 1 aromatic heterocycles. The highest BCUT2D eigenvalue weighted by molar-refractivity contribution is 7.99. The first-order chi connectivity index (χ1) is 10.9. The van der Waals surface area contributed by atoms with Gasteiger partial charge in [-0.1, -0.05) is 37.7 Å². The quantitative estimate of drug-likeness (QED) is 0.789. The molecule has 124 valence electrons. The standard InChI is InChI=1S/C16H22N4O2S/c1-9(2)14(17)15-19-20-16(22-15)23-8-13(21)18-12-7-5-6-10(3)11(12)4/h5-7,9,14H,8,17H2,1-4H3,(H,18,21). The molecule has 23 heavy (non-hydrogen) atoms. The topological polar surface area (TPSA) is 94.0 Å². The Morgan fingerprint density at radius 3 is 2.78 bits per heavy atom. The Hall–Kier alpha value is -1.86. The van der Waals surface area contributed by atoms with E-state index in [0.29, 0.717) is 11.1 Å². The molecule has 1 amide bonds. The molecule has 0 aliphatic carbocycles. The van der Waals surface area contributed by atoms with Gasteiger partial charge in [-0.3, -0.25) is 4.79 Å². The van der Waals surface area contributed by atoms with Crippen molar-refractivity contribution in [2.24, 2.45) is 11.7 Å². The van der Waals surface area contributed by atoms with Gasteiger partial charge in [-0.15, -0.1) is 10.2 Å². The molecule has 0 saturated carbocycles. The summed E-state index contributed by atoms with van der Waals surface area (Å²) in [4.78, 5) is 12.1. The fourth-order valence-electron chi connectivity index (χ4n) is 1.90. The number of carbonyl (C=O) groups excluding carboxylic acids is 1. The number of thioether (sulfide) groups is 1. The van der Waals surface area contributed by atoms with E-state index in [0.717, 1.165) is 16.8 Å². The zero-order valence-corrected chi connectivity index (χ0v) is 14.6. The van der Waals surface area contributed by atoms with Gasteiger partial charge in [-0.2, -0.15) is 0 Å². The molecule has 7 heteroatoms. The number of amides is 1. The third-order valence-electron chi connectivity index (χ3n) is 3.63. The number of nitrogens with one attached hydrogen (secondary N) is 1. The minimum Gasteiger partial charge on any atom is -0.414 e. The van der Waals surface area contributed by atoms with Gasteiger partial charge in [0.25, 0.3) is 5.22 Å². The van der Waals surface area contributed by atoms with Crippen molar-refractivity contribution in [2.75, 3.05) is 11.1 Å².